The van der Waals surface area contributed by atoms with Gasteiger partial charge in [0, 0.05) is 38.3 Å². The summed E-state index contributed by atoms with van der Waals surface area (Å²) in [5.41, 5.74) is 0.759. The van der Waals surface area contributed by atoms with Crippen molar-refractivity contribution in [3.8, 4) is 11.5 Å². The maximum absolute atomic E-state index is 12.6. The van der Waals surface area contributed by atoms with Crippen molar-refractivity contribution in [1.82, 2.24) is 4.90 Å². The second-order valence-electron chi connectivity index (χ2n) is 7.18. The highest BCUT2D eigenvalue weighted by Gasteiger charge is 2.36. The highest BCUT2D eigenvalue weighted by Crippen LogP contribution is 2.36. The third-order valence-electron chi connectivity index (χ3n) is 4.73. The number of ether oxygens (including phenoxy) is 2. The number of anilines is 1. The van der Waals surface area contributed by atoms with Crippen LogP contribution in [0.1, 0.15) is 26.7 Å². The molecule has 25 heavy (non-hydrogen) atoms. The van der Waals surface area contributed by atoms with E-state index in [1.165, 1.54) is 0 Å². The second-order valence-corrected chi connectivity index (χ2v) is 7.18. The van der Waals surface area contributed by atoms with Gasteiger partial charge < -0.3 is 19.3 Å². The molecule has 1 aromatic carbocycles. The molecule has 0 saturated carbocycles. The second kappa shape index (κ2) is 7.33. The van der Waals surface area contributed by atoms with E-state index in [1.807, 2.05) is 25.2 Å². The van der Waals surface area contributed by atoms with E-state index in [0.717, 1.165) is 18.7 Å². The first-order valence-corrected chi connectivity index (χ1v) is 8.90. The van der Waals surface area contributed by atoms with E-state index in [9.17, 15) is 9.59 Å². The van der Waals surface area contributed by atoms with Crippen LogP contribution in [0.3, 0.4) is 0 Å². The lowest BCUT2D eigenvalue weighted by molar-refractivity contribution is -0.134. The van der Waals surface area contributed by atoms with Crippen molar-refractivity contribution in [3.63, 3.8) is 0 Å². The molecular weight excluding hydrogens is 320 g/mol. The van der Waals surface area contributed by atoms with Gasteiger partial charge in [-0.05, 0) is 24.5 Å². The third kappa shape index (κ3) is 3.89. The predicted molar refractivity (Wildman–Crippen MR) is 95.0 cm³/mol. The smallest absolute Gasteiger partial charge is 0.227 e. The van der Waals surface area contributed by atoms with Crippen molar-refractivity contribution in [2.45, 2.75) is 26.7 Å². The summed E-state index contributed by atoms with van der Waals surface area (Å²) in [5.74, 6) is 1.65. The van der Waals surface area contributed by atoms with E-state index < -0.39 is 0 Å². The van der Waals surface area contributed by atoms with Crippen molar-refractivity contribution in [3.05, 3.63) is 18.2 Å². The highest BCUT2D eigenvalue weighted by atomic mass is 16.6. The molecule has 2 heterocycles. The molecule has 2 aliphatic heterocycles. The van der Waals surface area contributed by atoms with Gasteiger partial charge in [0.1, 0.15) is 13.2 Å². The summed E-state index contributed by atoms with van der Waals surface area (Å²) in [6.07, 6.45) is 1.23. The molecule has 0 unspecified atom stereocenters. The number of amides is 2. The maximum Gasteiger partial charge on any atom is 0.227 e. The van der Waals surface area contributed by atoms with Crippen LogP contribution >= 0.6 is 0 Å². The monoisotopic (exact) mass is 346 g/mol. The number of hydrogen-bond acceptors (Lipinski definition) is 4. The molecule has 6 heteroatoms. The average Bonchev–Trinajstić information content (AvgIpc) is 3.00. The summed E-state index contributed by atoms with van der Waals surface area (Å²) >= 11 is 0. The van der Waals surface area contributed by atoms with E-state index in [2.05, 4.69) is 13.8 Å². The Bertz CT molecular complexity index is 659. The Hall–Kier alpha value is -2.24. The first kappa shape index (κ1) is 17.6. The van der Waals surface area contributed by atoms with Crippen molar-refractivity contribution >= 4 is 17.5 Å². The summed E-state index contributed by atoms with van der Waals surface area (Å²) in [6, 6.07) is 5.49. The Kier molecular flexibility index (Phi) is 5.16. The molecule has 0 bridgehead atoms. The molecule has 1 atom stereocenters. The van der Waals surface area contributed by atoms with Gasteiger partial charge in [0.05, 0.1) is 5.92 Å². The number of carbonyl (C=O) groups excluding carboxylic acids is 2. The number of hydrogen-bond donors (Lipinski definition) is 0. The lowest BCUT2D eigenvalue weighted by Gasteiger charge is -2.23. The van der Waals surface area contributed by atoms with Crippen LogP contribution in [0, 0.1) is 11.8 Å². The van der Waals surface area contributed by atoms with E-state index in [1.54, 1.807) is 9.80 Å². The first-order valence-electron chi connectivity index (χ1n) is 8.90. The Morgan fingerprint density at radius 1 is 1.28 bits per heavy atom. The van der Waals surface area contributed by atoms with Crippen molar-refractivity contribution < 1.29 is 19.1 Å². The van der Waals surface area contributed by atoms with Gasteiger partial charge in [-0.15, -0.1) is 0 Å². The molecule has 136 valence electrons. The zero-order valence-electron chi connectivity index (χ0n) is 15.2. The highest BCUT2D eigenvalue weighted by molar-refractivity contribution is 6.00. The Morgan fingerprint density at radius 3 is 2.72 bits per heavy atom. The Labute approximate surface area is 148 Å². The lowest BCUT2D eigenvalue weighted by atomic mass is 10.1. The van der Waals surface area contributed by atoms with E-state index in [-0.39, 0.29) is 24.2 Å². The molecule has 0 aromatic heterocycles. The van der Waals surface area contributed by atoms with Gasteiger partial charge in [-0.25, -0.2) is 0 Å². The van der Waals surface area contributed by atoms with Crippen LogP contribution in [-0.2, 0) is 9.59 Å². The zero-order chi connectivity index (χ0) is 18.0. The maximum atomic E-state index is 12.6. The molecule has 0 spiro atoms. The van der Waals surface area contributed by atoms with Crippen LogP contribution in [-0.4, -0.2) is 50.1 Å². The van der Waals surface area contributed by atoms with Gasteiger partial charge in [0.15, 0.2) is 11.5 Å². The fraction of sp³-hybridized carbons (Fsp3) is 0.579. The Morgan fingerprint density at radius 2 is 2.00 bits per heavy atom. The van der Waals surface area contributed by atoms with E-state index >= 15 is 0 Å². The van der Waals surface area contributed by atoms with Crippen molar-refractivity contribution in [1.29, 1.82) is 0 Å². The van der Waals surface area contributed by atoms with Crippen molar-refractivity contribution in [2.75, 3.05) is 38.3 Å². The van der Waals surface area contributed by atoms with Crippen LogP contribution in [0.25, 0.3) is 0 Å². The lowest BCUT2D eigenvalue weighted by Crippen LogP contribution is -2.35. The fourth-order valence-electron chi connectivity index (χ4n) is 3.20. The molecular formula is C19H26N2O4. The average molecular weight is 346 g/mol. The summed E-state index contributed by atoms with van der Waals surface area (Å²) in [4.78, 5) is 28.5. The van der Waals surface area contributed by atoms with Gasteiger partial charge >= 0.3 is 0 Å². The van der Waals surface area contributed by atoms with E-state index in [4.69, 9.17) is 9.47 Å². The topological polar surface area (TPSA) is 59.1 Å². The molecule has 0 radical (unpaired) electrons. The predicted octanol–water partition coefficient (Wildman–Crippen LogP) is 2.32. The molecule has 1 fully saturated rings. The van der Waals surface area contributed by atoms with Gasteiger partial charge in [-0.1, -0.05) is 13.8 Å². The Balaban J connectivity index is 1.67. The van der Waals surface area contributed by atoms with Gasteiger partial charge in [0.25, 0.3) is 0 Å². The fourth-order valence-corrected chi connectivity index (χ4v) is 3.20. The molecule has 1 saturated heterocycles. The summed E-state index contributed by atoms with van der Waals surface area (Å²) < 4.78 is 11.1. The number of fused-ring (bicyclic) bond motifs is 1. The third-order valence-corrected chi connectivity index (χ3v) is 4.73. The van der Waals surface area contributed by atoms with Crippen molar-refractivity contribution in [2.24, 2.45) is 11.8 Å². The van der Waals surface area contributed by atoms with Crippen LogP contribution in [0.5, 0.6) is 11.5 Å². The molecule has 0 N–H and O–H groups in total. The largest absolute Gasteiger partial charge is 0.486 e. The standard InChI is InChI=1S/C19H26N2O4/c1-13(2)6-7-20(3)19(23)14-10-18(22)21(12-14)15-4-5-16-17(11-15)25-9-8-24-16/h4-5,11,13-14H,6-10,12H2,1-3H3/t14-/m0/s1. The number of carbonyl (C=O) groups is 2. The minimum Gasteiger partial charge on any atom is -0.486 e. The van der Waals surface area contributed by atoms with Gasteiger partial charge in [-0.3, -0.25) is 9.59 Å². The summed E-state index contributed by atoms with van der Waals surface area (Å²) in [5, 5.41) is 0. The molecule has 6 nitrogen and oxygen atoms in total. The first-order chi connectivity index (χ1) is 12.0. The number of nitrogens with zero attached hydrogens (tertiary/aromatic N) is 2. The number of benzene rings is 1. The van der Waals surface area contributed by atoms with Gasteiger partial charge in [-0.2, -0.15) is 0 Å². The van der Waals surface area contributed by atoms with Crippen LogP contribution in [0.15, 0.2) is 18.2 Å². The minimum atomic E-state index is -0.280. The quantitative estimate of drug-likeness (QED) is 0.821. The molecule has 3 rings (SSSR count). The summed E-state index contributed by atoms with van der Waals surface area (Å²) in [7, 11) is 1.82. The molecule has 0 aliphatic carbocycles. The SMILES string of the molecule is CC(C)CCN(C)C(=O)[C@H]1CC(=O)N(c2ccc3c(c2)OCCO3)C1. The molecule has 2 amide bonds. The minimum absolute atomic E-state index is 0.0210. The molecule has 2 aliphatic rings. The van der Waals surface area contributed by atoms with Crippen LogP contribution in [0.4, 0.5) is 5.69 Å². The van der Waals surface area contributed by atoms with E-state index in [0.29, 0.717) is 37.2 Å². The number of rotatable bonds is 5. The van der Waals surface area contributed by atoms with Crippen LogP contribution < -0.4 is 14.4 Å². The zero-order valence-corrected chi connectivity index (χ0v) is 15.2. The summed E-state index contributed by atoms with van der Waals surface area (Å²) in [6.45, 7) is 6.47. The van der Waals surface area contributed by atoms with Gasteiger partial charge in [0.2, 0.25) is 11.8 Å². The normalized spacial score (nSPS) is 19.4. The molecule has 1 aromatic rings. The van der Waals surface area contributed by atoms with Crippen LogP contribution in [0.2, 0.25) is 0 Å².